The van der Waals surface area contributed by atoms with Crippen LogP contribution in [0.2, 0.25) is 0 Å². The van der Waals surface area contributed by atoms with E-state index < -0.39 is 0 Å². The Bertz CT molecular complexity index is 359. The molecule has 1 rings (SSSR count). The van der Waals surface area contributed by atoms with Gasteiger partial charge in [-0.2, -0.15) is 0 Å². The number of hydrogen-bond acceptors (Lipinski definition) is 3. The average molecular weight is 249 g/mol. The fourth-order valence-electron chi connectivity index (χ4n) is 1.72. The van der Waals surface area contributed by atoms with Crippen molar-refractivity contribution < 1.29 is 9.53 Å². The zero-order valence-corrected chi connectivity index (χ0v) is 11.5. The quantitative estimate of drug-likeness (QED) is 0.568. The highest BCUT2D eigenvalue weighted by molar-refractivity contribution is 5.99. The van der Waals surface area contributed by atoms with Crippen molar-refractivity contribution in [1.82, 2.24) is 5.32 Å². The van der Waals surface area contributed by atoms with Gasteiger partial charge in [0.25, 0.3) is 0 Å². The minimum atomic E-state index is -0.130. The molecule has 0 bridgehead atoms. The molecule has 0 aliphatic carbocycles. The first-order chi connectivity index (χ1) is 8.69. The van der Waals surface area contributed by atoms with Crippen LogP contribution in [0.25, 0.3) is 0 Å². The second-order valence-electron chi connectivity index (χ2n) is 4.35. The lowest BCUT2D eigenvalue weighted by Gasteiger charge is -2.12. The number of unbranched alkanes of at least 4 members (excludes halogenated alkanes) is 1. The average Bonchev–Trinajstić information content (AvgIpc) is 2.39. The molecule has 0 aromatic heterocycles. The van der Waals surface area contributed by atoms with Gasteiger partial charge in [0.05, 0.1) is 12.6 Å². The lowest BCUT2D eigenvalue weighted by molar-refractivity contribution is 0.0951. The first-order valence-corrected chi connectivity index (χ1v) is 6.69. The van der Waals surface area contributed by atoms with Crippen LogP contribution in [0.3, 0.4) is 0 Å². The Balaban J connectivity index is 2.54. The Morgan fingerprint density at radius 1 is 1.28 bits per heavy atom. The summed E-state index contributed by atoms with van der Waals surface area (Å²) in [5.41, 5.74) is 0.731. The highest BCUT2D eigenvalue weighted by Gasteiger charge is 2.13. The molecule has 0 fully saturated rings. The minimum Gasteiger partial charge on any atom is -0.494 e. The Kier molecular flexibility index (Phi) is 6.44. The lowest BCUT2D eigenvalue weighted by Crippen LogP contribution is -2.34. The fourth-order valence-corrected chi connectivity index (χ4v) is 1.72. The van der Waals surface area contributed by atoms with Crippen molar-refractivity contribution in [2.24, 2.45) is 0 Å². The number of Topliss-reactive ketones (excluding diaryl/α,β-unsaturated/α-hetero) is 1. The molecular formula is C15H23NO2. The van der Waals surface area contributed by atoms with E-state index in [9.17, 15) is 4.79 Å². The van der Waals surface area contributed by atoms with Crippen molar-refractivity contribution in [3.05, 3.63) is 29.8 Å². The van der Waals surface area contributed by atoms with E-state index in [1.807, 2.05) is 38.1 Å². The van der Waals surface area contributed by atoms with E-state index in [0.29, 0.717) is 6.61 Å². The highest BCUT2D eigenvalue weighted by atomic mass is 16.5. The van der Waals surface area contributed by atoms with Crippen LogP contribution in [0.1, 0.15) is 44.0 Å². The number of ether oxygens (including phenoxy) is 1. The lowest BCUT2D eigenvalue weighted by atomic mass is 10.1. The van der Waals surface area contributed by atoms with Crippen LogP contribution >= 0.6 is 0 Å². The zero-order chi connectivity index (χ0) is 13.4. The van der Waals surface area contributed by atoms with Gasteiger partial charge in [-0.25, -0.2) is 0 Å². The SMILES string of the molecule is CCCCNC(C)C(=O)c1ccc(OCC)cc1. The van der Waals surface area contributed by atoms with Crippen LogP contribution in [0.15, 0.2) is 24.3 Å². The third-order valence-electron chi connectivity index (χ3n) is 2.82. The highest BCUT2D eigenvalue weighted by Crippen LogP contribution is 2.13. The zero-order valence-electron chi connectivity index (χ0n) is 11.5. The van der Waals surface area contributed by atoms with Crippen molar-refractivity contribution in [2.75, 3.05) is 13.2 Å². The van der Waals surface area contributed by atoms with Gasteiger partial charge in [0.15, 0.2) is 5.78 Å². The van der Waals surface area contributed by atoms with Crippen LogP contribution in [-0.2, 0) is 0 Å². The standard InChI is InChI=1S/C15H23NO2/c1-4-6-11-16-12(3)15(17)13-7-9-14(10-8-13)18-5-2/h7-10,12,16H,4-6,11H2,1-3H3. The molecule has 1 atom stereocenters. The molecule has 0 amide bonds. The summed E-state index contributed by atoms with van der Waals surface area (Å²) in [7, 11) is 0. The van der Waals surface area contributed by atoms with E-state index >= 15 is 0 Å². The van der Waals surface area contributed by atoms with Gasteiger partial charge in [-0.3, -0.25) is 4.79 Å². The molecule has 1 N–H and O–H groups in total. The maximum atomic E-state index is 12.1. The van der Waals surface area contributed by atoms with Crippen molar-refractivity contribution >= 4 is 5.78 Å². The summed E-state index contributed by atoms with van der Waals surface area (Å²) in [4.78, 5) is 12.1. The molecule has 18 heavy (non-hydrogen) atoms. The third-order valence-corrected chi connectivity index (χ3v) is 2.82. The van der Waals surface area contributed by atoms with E-state index in [-0.39, 0.29) is 11.8 Å². The van der Waals surface area contributed by atoms with Crippen LogP contribution < -0.4 is 10.1 Å². The van der Waals surface area contributed by atoms with Gasteiger partial charge in [0.1, 0.15) is 5.75 Å². The van der Waals surface area contributed by atoms with Gasteiger partial charge in [-0.05, 0) is 51.1 Å². The predicted molar refractivity (Wildman–Crippen MR) is 74.3 cm³/mol. The Hall–Kier alpha value is -1.35. The molecule has 1 unspecified atom stereocenters. The summed E-state index contributed by atoms with van der Waals surface area (Å²) < 4.78 is 5.35. The van der Waals surface area contributed by atoms with Gasteiger partial charge in [0.2, 0.25) is 0 Å². The van der Waals surface area contributed by atoms with Gasteiger partial charge >= 0.3 is 0 Å². The van der Waals surface area contributed by atoms with Gasteiger partial charge in [-0.15, -0.1) is 0 Å². The monoisotopic (exact) mass is 249 g/mol. The minimum absolute atomic E-state index is 0.130. The second kappa shape index (κ2) is 7.88. The number of rotatable bonds is 8. The first kappa shape index (κ1) is 14.7. The summed E-state index contributed by atoms with van der Waals surface area (Å²) >= 11 is 0. The van der Waals surface area contributed by atoms with Gasteiger partial charge in [-0.1, -0.05) is 13.3 Å². The van der Waals surface area contributed by atoms with Crippen LogP contribution in [0, 0.1) is 0 Å². The molecular weight excluding hydrogens is 226 g/mol. The first-order valence-electron chi connectivity index (χ1n) is 6.69. The molecule has 0 spiro atoms. The van der Waals surface area contributed by atoms with Gasteiger partial charge < -0.3 is 10.1 Å². The molecule has 3 heteroatoms. The fraction of sp³-hybridized carbons (Fsp3) is 0.533. The summed E-state index contributed by atoms with van der Waals surface area (Å²) in [5, 5.41) is 3.24. The molecule has 0 saturated heterocycles. The Labute approximate surface area is 110 Å². The largest absolute Gasteiger partial charge is 0.494 e. The molecule has 0 aliphatic heterocycles. The van der Waals surface area contributed by atoms with Crippen LogP contribution in [0.5, 0.6) is 5.75 Å². The van der Waals surface area contributed by atoms with Crippen molar-refractivity contribution in [3.63, 3.8) is 0 Å². The van der Waals surface area contributed by atoms with E-state index in [1.54, 1.807) is 0 Å². The van der Waals surface area contributed by atoms with E-state index in [4.69, 9.17) is 4.74 Å². The van der Waals surface area contributed by atoms with E-state index in [2.05, 4.69) is 12.2 Å². The molecule has 3 nitrogen and oxygen atoms in total. The second-order valence-corrected chi connectivity index (χ2v) is 4.35. The molecule has 0 radical (unpaired) electrons. The summed E-state index contributed by atoms with van der Waals surface area (Å²) in [6, 6.07) is 7.20. The van der Waals surface area contributed by atoms with Crippen LogP contribution in [0.4, 0.5) is 0 Å². The summed E-state index contributed by atoms with van der Waals surface area (Å²) in [6.07, 6.45) is 2.23. The predicted octanol–water partition coefficient (Wildman–Crippen LogP) is 3.05. The van der Waals surface area contributed by atoms with Crippen molar-refractivity contribution in [1.29, 1.82) is 0 Å². The summed E-state index contributed by atoms with van der Waals surface area (Å²) in [6.45, 7) is 7.52. The van der Waals surface area contributed by atoms with Crippen molar-refractivity contribution in [2.45, 2.75) is 39.7 Å². The number of benzene rings is 1. The molecule has 0 heterocycles. The normalized spacial score (nSPS) is 12.2. The number of ketones is 1. The van der Waals surface area contributed by atoms with Crippen LogP contribution in [-0.4, -0.2) is 25.0 Å². The Morgan fingerprint density at radius 2 is 1.94 bits per heavy atom. The number of nitrogens with one attached hydrogen (secondary N) is 1. The Morgan fingerprint density at radius 3 is 2.50 bits per heavy atom. The third kappa shape index (κ3) is 4.49. The molecule has 1 aromatic rings. The van der Waals surface area contributed by atoms with E-state index in [1.165, 1.54) is 0 Å². The topological polar surface area (TPSA) is 38.3 Å². The smallest absolute Gasteiger partial charge is 0.179 e. The maximum Gasteiger partial charge on any atom is 0.179 e. The maximum absolute atomic E-state index is 12.1. The molecule has 1 aromatic carbocycles. The number of carbonyl (C=O) groups is 1. The summed E-state index contributed by atoms with van der Waals surface area (Å²) in [5.74, 6) is 0.940. The number of carbonyl (C=O) groups excluding carboxylic acids is 1. The van der Waals surface area contributed by atoms with E-state index in [0.717, 1.165) is 30.7 Å². The van der Waals surface area contributed by atoms with Gasteiger partial charge in [0, 0.05) is 5.56 Å². The molecule has 100 valence electrons. The molecule has 0 aliphatic rings. The molecule has 0 saturated carbocycles. The number of hydrogen-bond donors (Lipinski definition) is 1. The van der Waals surface area contributed by atoms with Crippen molar-refractivity contribution in [3.8, 4) is 5.75 Å².